The highest BCUT2D eigenvalue weighted by molar-refractivity contribution is 6.44. The molecule has 2 aromatic carbocycles. The first kappa shape index (κ1) is 19.4. The summed E-state index contributed by atoms with van der Waals surface area (Å²) in [5, 5.41) is 4.23. The van der Waals surface area contributed by atoms with Gasteiger partial charge < -0.3 is 10.6 Å². The Morgan fingerprint density at radius 2 is 1.32 bits per heavy atom. The van der Waals surface area contributed by atoms with Crippen LogP contribution < -0.4 is 10.6 Å². The Kier molecular flexibility index (Phi) is 5.82. The molecule has 0 aromatic heterocycles. The zero-order valence-corrected chi connectivity index (χ0v) is 14.3. The summed E-state index contributed by atoms with van der Waals surface area (Å²) in [6, 6.07) is 6.86. The summed E-state index contributed by atoms with van der Waals surface area (Å²) in [4.78, 5) is 23.7. The lowest BCUT2D eigenvalue weighted by molar-refractivity contribution is -0.137. The highest BCUT2D eigenvalue weighted by Crippen LogP contribution is 2.36. The molecule has 0 spiro atoms. The molecular formula is C15H8Cl3F3N2O2. The third-order valence-corrected chi connectivity index (χ3v) is 3.62. The van der Waals surface area contributed by atoms with Crippen molar-refractivity contribution in [3.05, 3.63) is 57.0 Å². The molecule has 0 saturated carbocycles. The van der Waals surface area contributed by atoms with Crippen LogP contribution in [0.5, 0.6) is 0 Å². The number of hydrogen-bond acceptors (Lipinski definition) is 2. The Morgan fingerprint density at radius 1 is 0.800 bits per heavy atom. The van der Waals surface area contributed by atoms with Crippen molar-refractivity contribution in [3.63, 3.8) is 0 Å². The quantitative estimate of drug-likeness (QED) is 0.664. The van der Waals surface area contributed by atoms with Crippen molar-refractivity contribution >= 4 is 58.0 Å². The van der Waals surface area contributed by atoms with E-state index in [1.807, 2.05) is 0 Å². The number of benzene rings is 2. The lowest BCUT2D eigenvalue weighted by Gasteiger charge is -2.12. The number of rotatable bonds is 2. The van der Waals surface area contributed by atoms with Gasteiger partial charge in [-0.15, -0.1) is 0 Å². The molecule has 0 aliphatic rings. The van der Waals surface area contributed by atoms with Crippen molar-refractivity contribution < 1.29 is 22.8 Å². The van der Waals surface area contributed by atoms with Gasteiger partial charge in [-0.1, -0.05) is 34.8 Å². The molecular weight excluding hydrogens is 404 g/mol. The summed E-state index contributed by atoms with van der Waals surface area (Å²) in [7, 11) is 0. The minimum absolute atomic E-state index is 0.157. The second-order valence-electron chi connectivity index (χ2n) is 4.76. The van der Waals surface area contributed by atoms with E-state index in [0.717, 1.165) is 12.1 Å². The molecule has 0 unspecified atom stereocenters. The lowest BCUT2D eigenvalue weighted by atomic mass is 10.2. The zero-order valence-electron chi connectivity index (χ0n) is 12.0. The van der Waals surface area contributed by atoms with Crippen LogP contribution in [0.2, 0.25) is 15.1 Å². The summed E-state index contributed by atoms with van der Waals surface area (Å²) in [5.74, 6) is -2.28. The van der Waals surface area contributed by atoms with Crippen LogP contribution in [-0.2, 0) is 15.8 Å². The Bertz CT molecular complexity index is 821. The van der Waals surface area contributed by atoms with Crippen LogP contribution in [0.15, 0.2) is 36.4 Å². The fourth-order valence-electron chi connectivity index (χ4n) is 1.82. The molecule has 2 amide bonds. The van der Waals surface area contributed by atoms with E-state index in [-0.39, 0.29) is 21.4 Å². The number of anilines is 2. The Morgan fingerprint density at radius 3 is 1.84 bits per heavy atom. The third kappa shape index (κ3) is 5.26. The minimum Gasteiger partial charge on any atom is -0.318 e. The largest absolute Gasteiger partial charge is 0.417 e. The summed E-state index contributed by atoms with van der Waals surface area (Å²) in [6.45, 7) is 0. The van der Waals surface area contributed by atoms with E-state index in [1.54, 1.807) is 0 Å². The highest BCUT2D eigenvalue weighted by Gasteiger charge is 2.33. The normalized spacial score (nSPS) is 11.1. The number of halogens is 6. The smallest absolute Gasteiger partial charge is 0.318 e. The molecule has 0 aliphatic heterocycles. The monoisotopic (exact) mass is 410 g/mol. The van der Waals surface area contributed by atoms with Crippen molar-refractivity contribution in [2.75, 3.05) is 10.6 Å². The van der Waals surface area contributed by atoms with E-state index in [2.05, 4.69) is 10.6 Å². The van der Waals surface area contributed by atoms with Gasteiger partial charge in [-0.3, -0.25) is 9.59 Å². The van der Waals surface area contributed by atoms with Crippen LogP contribution in [0.3, 0.4) is 0 Å². The van der Waals surface area contributed by atoms with Gasteiger partial charge in [0.1, 0.15) is 0 Å². The maximum absolute atomic E-state index is 12.8. The lowest BCUT2D eigenvalue weighted by Crippen LogP contribution is -2.29. The van der Waals surface area contributed by atoms with Crippen molar-refractivity contribution in [1.29, 1.82) is 0 Å². The van der Waals surface area contributed by atoms with Gasteiger partial charge in [-0.2, -0.15) is 13.2 Å². The van der Waals surface area contributed by atoms with Crippen LogP contribution in [0.4, 0.5) is 24.5 Å². The predicted molar refractivity (Wildman–Crippen MR) is 90.2 cm³/mol. The number of hydrogen-bond donors (Lipinski definition) is 2. The predicted octanol–water partition coefficient (Wildman–Crippen LogP) is 5.24. The van der Waals surface area contributed by atoms with Gasteiger partial charge in [0.25, 0.3) is 0 Å². The van der Waals surface area contributed by atoms with Crippen LogP contribution in [-0.4, -0.2) is 11.8 Å². The Hall–Kier alpha value is -1.96. The van der Waals surface area contributed by atoms with Crippen LogP contribution in [0.25, 0.3) is 0 Å². The van der Waals surface area contributed by atoms with Crippen molar-refractivity contribution in [2.45, 2.75) is 6.18 Å². The molecule has 0 heterocycles. The molecule has 0 aliphatic carbocycles. The number of amides is 2. The van der Waals surface area contributed by atoms with Crippen molar-refractivity contribution in [2.24, 2.45) is 0 Å². The van der Waals surface area contributed by atoms with Gasteiger partial charge in [-0.25, -0.2) is 0 Å². The standard InChI is InChI=1S/C15H8Cl3F3N2O2/c16-7-3-8(17)5-10(4-7)23-14(25)13(24)22-9-1-2-12(18)11(6-9)15(19,20)21/h1-6H,(H,22,24)(H,23,25). The summed E-state index contributed by atoms with van der Waals surface area (Å²) in [5.41, 5.74) is -1.21. The minimum atomic E-state index is -4.70. The summed E-state index contributed by atoms with van der Waals surface area (Å²) < 4.78 is 38.4. The molecule has 0 saturated heterocycles. The Labute approximate surface area is 154 Å². The topological polar surface area (TPSA) is 58.2 Å². The first-order valence-corrected chi connectivity index (χ1v) is 7.65. The average Bonchev–Trinajstić information content (AvgIpc) is 2.46. The van der Waals surface area contributed by atoms with Crippen LogP contribution >= 0.6 is 34.8 Å². The number of nitrogens with one attached hydrogen (secondary N) is 2. The van der Waals surface area contributed by atoms with E-state index < -0.39 is 28.6 Å². The molecule has 25 heavy (non-hydrogen) atoms. The molecule has 2 N–H and O–H groups in total. The third-order valence-electron chi connectivity index (χ3n) is 2.86. The van der Waals surface area contributed by atoms with Crippen molar-refractivity contribution in [3.8, 4) is 0 Å². The van der Waals surface area contributed by atoms with E-state index in [1.165, 1.54) is 18.2 Å². The fourth-order valence-corrected chi connectivity index (χ4v) is 2.57. The molecule has 2 aromatic rings. The molecule has 0 fully saturated rings. The SMILES string of the molecule is O=C(Nc1cc(Cl)cc(Cl)c1)C(=O)Nc1ccc(Cl)c(C(F)(F)F)c1. The molecule has 4 nitrogen and oxygen atoms in total. The van der Waals surface area contributed by atoms with E-state index in [0.29, 0.717) is 6.07 Å². The first-order chi connectivity index (χ1) is 11.6. The Balaban J connectivity index is 2.12. The molecule has 0 atom stereocenters. The van der Waals surface area contributed by atoms with Gasteiger partial charge in [0.05, 0.1) is 10.6 Å². The van der Waals surface area contributed by atoms with Gasteiger partial charge in [0.2, 0.25) is 0 Å². The summed E-state index contributed by atoms with van der Waals surface area (Å²) in [6.07, 6.45) is -4.70. The van der Waals surface area contributed by atoms with Crippen molar-refractivity contribution in [1.82, 2.24) is 0 Å². The number of carbonyl (C=O) groups is 2. The molecule has 0 bridgehead atoms. The summed E-state index contributed by atoms with van der Waals surface area (Å²) >= 11 is 17.0. The number of carbonyl (C=O) groups excluding carboxylic acids is 2. The molecule has 2 rings (SSSR count). The van der Waals surface area contributed by atoms with E-state index in [4.69, 9.17) is 34.8 Å². The van der Waals surface area contributed by atoms with Gasteiger partial charge in [0.15, 0.2) is 0 Å². The van der Waals surface area contributed by atoms with Crippen LogP contribution in [0.1, 0.15) is 5.56 Å². The maximum Gasteiger partial charge on any atom is 0.417 e. The second kappa shape index (κ2) is 7.51. The second-order valence-corrected chi connectivity index (χ2v) is 6.04. The molecule has 10 heteroatoms. The first-order valence-electron chi connectivity index (χ1n) is 6.51. The van der Waals surface area contributed by atoms with E-state index >= 15 is 0 Å². The highest BCUT2D eigenvalue weighted by atomic mass is 35.5. The van der Waals surface area contributed by atoms with Gasteiger partial charge in [-0.05, 0) is 36.4 Å². The fraction of sp³-hybridized carbons (Fsp3) is 0.0667. The van der Waals surface area contributed by atoms with Gasteiger partial charge in [0, 0.05) is 21.4 Å². The zero-order chi connectivity index (χ0) is 18.8. The van der Waals surface area contributed by atoms with Crippen LogP contribution in [0, 0.1) is 0 Å². The van der Waals surface area contributed by atoms with E-state index in [9.17, 15) is 22.8 Å². The average molecular weight is 412 g/mol. The molecule has 132 valence electrons. The molecule has 0 radical (unpaired) electrons. The number of alkyl halides is 3. The van der Waals surface area contributed by atoms with Gasteiger partial charge >= 0.3 is 18.0 Å². The maximum atomic E-state index is 12.8.